The summed E-state index contributed by atoms with van der Waals surface area (Å²) in [6.45, 7) is 0. The third-order valence-electron chi connectivity index (χ3n) is 1.65. The van der Waals surface area contributed by atoms with E-state index in [2.05, 4.69) is 5.32 Å². The van der Waals surface area contributed by atoms with Crippen LogP contribution in [0.1, 0.15) is 0 Å². The average molecular weight is 211 g/mol. The van der Waals surface area contributed by atoms with Crippen LogP contribution in [0.4, 0.5) is 10.1 Å². The van der Waals surface area contributed by atoms with Crippen LogP contribution in [0.3, 0.4) is 0 Å². The van der Waals surface area contributed by atoms with E-state index in [1.807, 2.05) is 0 Å². The highest BCUT2D eigenvalue weighted by Crippen LogP contribution is 2.23. The molecule has 2 N–H and O–H groups in total. The van der Waals surface area contributed by atoms with Gasteiger partial charge in [-0.1, -0.05) is 6.07 Å². The van der Waals surface area contributed by atoms with Crippen molar-refractivity contribution >= 4 is 11.7 Å². The lowest BCUT2D eigenvalue weighted by Crippen LogP contribution is -1.96. The molecule has 0 fully saturated rings. The average Bonchev–Trinajstić information content (AvgIpc) is 2.20. The van der Waals surface area contributed by atoms with Gasteiger partial charge in [0.15, 0.2) is 11.6 Å². The Morgan fingerprint density at radius 3 is 2.93 bits per heavy atom. The molecule has 0 aromatic heterocycles. The zero-order chi connectivity index (χ0) is 11.3. The van der Waals surface area contributed by atoms with E-state index in [0.717, 1.165) is 12.3 Å². The Hall–Kier alpha value is -2.04. The molecule has 0 amide bonds. The van der Waals surface area contributed by atoms with Crippen molar-refractivity contribution in [3.05, 3.63) is 36.3 Å². The molecular weight excluding hydrogens is 201 g/mol. The third kappa shape index (κ3) is 2.98. The first-order valence-electron chi connectivity index (χ1n) is 4.13. The number of anilines is 1. The summed E-state index contributed by atoms with van der Waals surface area (Å²) in [5.74, 6) is -1.57. The first-order chi connectivity index (χ1) is 7.15. The molecule has 0 saturated heterocycles. The number of rotatable bonds is 4. The fourth-order valence-electron chi connectivity index (χ4n) is 0.983. The summed E-state index contributed by atoms with van der Waals surface area (Å²) in [6.07, 6.45) is 2.01. The smallest absolute Gasteiger partial charge is 0.329 e. The highest BCUT2D eigenvalue weighted by Gasteiger charge is 2.06. The van der Waals surface area contributed by atoms with Gasteiger partial charge in [-0.3, -0.25) is 0 Å². The van der Waals surface area contributed by atoms with Crippen LogP contribution in [-0.2, 0) is 4.79 Å². The van der Waals surface area contributed by atoms with Gasteiger partial charge < -0.3 is 15.2 Å². The van der Waals surface area contributed by atoms with E-state index in [4.69, 9.17) is 9.84 Å². The number of hydrogen-bond donors (Lipinski definition) is 2. The van der Waals surface area contributed by atoms with E-state index in [1.165, 1.54) is 19.2 Å². The van der Waals surface area contributed by atoms with E-state index < -0.39 is 11.8 Å². The van der Waals surface area contributed by atoms with Gasteiger partial charge in [0, 0.05) is 12.3 Å². The van der Waals surface area contributed by atoms with Gasteiger partial charge in [-0.25, -0.2) is 9.18 Å². The number of carboxylic acid groups (broad SMARTS) is 1. The van der Waals surface area contributed by atoms with Gasteiger partial charge in [0.2, 0.25) is 0 Å². The van der Waals surface area contributed by atoms with Gasteiger partial charge in [-0.15, -0.1) is 0 Å². The topological polar surface area (TPSA) is 58.6 Å². The number of halogens is 1. The number of methoxy groups -OCH3 is 1. The van der Waals surface area contributed by atoms with Gasteiger partial charge in [0.1, 0.15) is 0 Å². The molecule has 0 atom stereocenters. The van der Waals surface area contributed by atoms with Gasteiger partial charge in [-0.05, 0) is 12.1 Å². The van der Waals surface area contributed by atoms with Crippen LogP contribution >= 0.6 is 0 Å². The second-order valence-corrected chi connectivity index (χ2v) is 2.64. The second-order valence-electron chi connectivity index (χ2n) is 2.64. The fraction of sp³-hybridized carbons (Fsp3) is 0.100. The van der Waals surface area contributed by atoms with Crippen molar-refractivity contribution in [1.29, 1.82) is 0 Å². The van der Waals surface area contributed by atoms with Crippen LogP contribution < -0.4 is 10.1 Å². The standard InChI is InChI=1S/C10H10FNO3/c1-15-8-4-2-3-7(10(8)11)12-6-5-9(13)14/h2-6,12H,1H3,(H,13,14)/b6-5+. The molecule has 1 aromatic carbocycles. The van der Waals surface area contributed by atoms with Crippen molar-refractivity contribution < 1.29 is 19.0 Å². The van der Waals surface area contributed by atoms with Crippen LogP contribution in [-0.4, -0.2) is 18.2 Å². The van der Waals surface area contributed by atoms with Crippen LogP contribution in [0.5, 0.6) is 5.75 Å². The number of carbonyl (C=O) groups is 1. The van der Waals surface area contributed by atoms with Crippen LogP contribution in [0, 0.1) is 5.82 Å². The van der Waals surface area contributed by atoms with Crippen molar-refractivity contribution in [1.82, 2.24) is 0 Å². The van der Waals surface area contributed by atoms with Crippen LogP contribution in [0.2, 0.25) is 0 Å². The molecule has 15 heavy (non-hydrogen) atoms. The first kappa shape index (κ1) is 11.0. The maximum atomic E-state index is 13.4. The number of nitrogens with one attached hydrogen (secondary N) is 1. The van der Waals surface area contributed by atoms with Gasteiger partial charge in [0.05, 0.1) is 12.8 Å². The zero-order valence-electron chi connectivity index (χ0n) is 8.03. The van der Waals surface area contributed by atoms with Crippen LogP contribution in [0.25, 0.3) is 0 Å². The highest BCUT2D eigenvalue weighted by atomic mass is 19.1. The summed E-state index contributed by atoms with van der Waals surface area (Å²) >= 11 is 0. The molecule has 80 valence electrons. The van der Waals surface area contributed by atoms with Crippen molar-refractivity contribution in [2.75, 3.05) is 12.4 Å². The SMILES string of the molecule is COc1cccc(N/C=C/C(=O)O)c1F. The molecule has 0 bridgehead atoms. The van der Waals surface area contributed by atoms with E-state index in [0.29, 0.717) is 0 Å². The molecule has 0 radical (unpaired) electrons. The number of ether oxygens (including phenoxy) is 1. The van der Waals surface area contributed by atoms with Crippen molar-refractivity contribution in [2.24, 2.45) is 0 Å². The zero-order valence-corrected chi connectivity index (χ0v) is 8.03. The lowest BCUT2D eigenvalue weighted by atomic mass is 10.3. The summed E-state index contributed by atoms with van der Waals surface area (Å²) in [6, 6.07) is 4.55. The monoisotopic (exact) mass is 211 g/mol. The lowest BCUT2D eigenvalue weighted by Gasteiger charge is -2.06. The maximum absolute atomic E-state index is 13.4. The van der Waals surface area contributed by atoms with Gasteiger partial charge in [0.25, 0.3) is 0 Å². The summed E-state index contributed by atoms with van der Waals surface area (Å²) < 4.78 is 18.2. The molecule has 1 rings (SSSR count). The fourth-order valence-corrected chi connectivity index (χ4v) is 0.983. The molecule has 0 spiro atoms. The van der Waals surface area contributed by atoms with Crippen molar-refractivity contribution in [3.63, 3.8) is 0 Å². The molecule has 0 heterocycles. The summed E-state index contributed by atoms with van der Waals surface area (Å²) in [7, 11) is 1.36. The minimum atomic E-state index is -1.11. The van der Waals surface area contributed by atoms with Crippen LogP contribution in [0.15, 0.2) is 30.5 Å². The molecule has 0 aliphatic heterocycles. The maximum Gasteiger partial charge on any atom is 0.329 e. The Morgan fingerprint density at radius 1 is 1.60 bits per heavy atom. The number of carboxylic acids is 1. The highest BCUT2D eigenvalue weighted by molar-refractivity contribution is 5.80. The molecular formula is C10H10FNO3. The Labute approximate surface area is 86.0 Å². The van der Waals surface area contributed by atoms with Gasteiger partial charge in [-0.2, -0.15) is 0 Å². The quantitative estimate of drug-likeness (QED) is 0.746. The van der Waals surface area contributed by atoms with E-state index in [1.54, 1.807) is 6.07 Å². The predicted octanol–water partition coefficient (Wildman–Crippen LogP) is 1.84. The lowest BCUT2D eigenvalue weighted by molar-refractivity contribution is -0.131. The largest absolute Gasteiger partial charge is 0.494 e. The minimum Gasteiger partial charge on any atom is -0.494 e. The summed E-state index contributed by atoms with van der Waals surface area (Å²) in [5.41, 5.74) is 0.159. The normalized spacial score (nSPS) is 10.3. The molecule has 0 unspecified atom stereocenters. The first-order valence-corrected chi connectivity index (χ1v) is 4.13. The van der Waals surface area contributed by atoms with E-state index in [-0.39, 0.29) is 11.4 Å². The Kier molecular flexibility index (Phi) is 3.68. The van der Waals surface area contributed by atoms with E-state index in [9.17, 15) is 9.18 Å². The van der Waals surface area contributed by atoms with Crippen molar-refractivity contribution in [2.45, 2.75) is 0 Å². The number of aliphatic carboxylic acids is 1. The summed E-state index contributed by atoms with van der Waals surface area (Å²) in [5, 5.41) is 10.8. The molecule has 5 heteroatoms. The third-order valence-corrected chi connectivity index (χ3v) is 1.65. The van der Waals surface area contributed by atoms with E-state index >= 15 is 0 Å². The minimum absolute atomic E-state index is 0.101. The molecule has 4 nitrogen and oxygen atoms in total. The molecule has 0 aliphatic rings. The Morgan fingerprint density at radius 2 is 2.33 bits per heavy atom. The Balaban J connectivity index is 2.81. The van der Waals surface area contributed by atoms with Crippen molar-refractivity contribution in [3.8, 4) is 5.75 Å². The predicted molar refractivity (Wildman–Crippen MR) is 53.4 cm³/mol. The number of hydrogen-bond acceptors (Lipinski definition) is 3. The van der Waals surface area contributed by atoms with Gasteiger partial charge >= 0.3 is 5.97 Å². The molecule has 1 aromatic rings. The summed E-state index contributed by atoms with van der Waals surface area (Å²) in [4.78, 5) is 10.2. The molecule has 0 aliphatic carbocycles. The Bertz CT molecular complexity index is 390. The second kappa shape index (κ2) is 4.99. The number of benzene rings is 1. The molecule has 0 saturated carbocycles.